The van der Waals surface area contributed by atoms with E-state index in [1.165, 1.54) is 18.2 Å². The lowest BCUT2D eigenvalue weighted by Crippen LogP contribution is -2.17. The van der Waals surface area contributed by atoms with Gasteiger partial charge in [0.2, 0.25) is 11.8 Å². The van der Waals surface area contributed by atoms with Gasteiger partial charge in [0, 0.05) is 12.1 Å². The summed E-state index contributed by atoms with van der Waals surface area (Å²) in [5.74, 6) is -1.26. The minimum atomic E-state index is -0.459. The van der Waals surface area contributed by atoms with Crippen molar-refractivity contribution >= 4 is 23.4 Å². The number of anilines is 1. The van der Waals surface area contributed by atoms with Crippen LogP contribution in [-0.4, -0.2) is 26.7 Å². The monoisotopic (exact) mass is 385 g/mol. The summed E-state index contributed by atoms with van der Waals surface area (Å²) in [5, 5.41) is 12.8. The smallest absolute Gasteiger partial charge is 0.258 e. The van der Waals surface area contributed by atoms with Crippen molar-refractivity contribution in [1.29, 1.82) is 0 Å². The van der Waals surface area contributed by atoms with Crippen molar-refractivity contribution in [2.45, 2.75) is 11.6 Å². The largest absolute Gasteiger partial charge is 0.493 e. The zero-order valence-corrected chi connectivity index (χ0v) is 14.9. The van der Waals surface area contributed by atoms with Crippen LogP contribution in [0.2, 0.25) is 0 Å². The molecule has 0 aliphatic carbocycles. The zero-order valence-electron chi connectivity index (χ0n) is 14.1. The Morgan fingerprint density at radius 1 is 1.19 bits per heavy atom. The second-order valence-corrected chi connectivity index (χ2v) is 6.65. The van der Waals surface area contributed by atoms with Crippen LogP contribution in [-0.2, 0) is 11.2 Å². The van der Waals surface area contributed by atoms with Crippen molar-refractivity contribution in [2.75, 3.05) is 11.1 Å². The summed E-state index contributed by atoms with van der Waals surface area (Å²) in [6, 6.07) is 14.8. The van der Waals surface area contributed by atoms with Gasteiger partial charge in [0.15, 0.2) is 5.16 Å². The van der Waals surface area contributed by atoms with Gasteiger partial charge in [-0.1, -0.05) is 48.2 Å². The number of nitrogens with zero attached hydrogens (tertiary/aromatic N) is 1. The summed E-state index contributed by atoms with van der Waals surface area (Å²) < 4.78 is 13.1. The van der Waals surface area contributed by atoms with E-state index in [1.54, 1.807) is 6.07 Å². The van der Waals surface area contributed by atoms with Crippen LogP contribution < -0.4 is 10.9 Å². The first-order valence-electron chi connectivity index (χ1n) is 8.05. The first-order valence-corrected chi connectivity index (χ1v) is 9.04. The van der Waals surface area contributed by atoms with E-state index >= 15 is 0 Å². The molecule has 27 heavy (non-hydrogen) atoms. The fraction of sp³-hybridized carbons (Fsp3) is 0.105. The molecule has 0 atom stereocenters. The van der Waals surface area contributed by atoms with Crippen molar-refractivity contribution in [3.63, 3.8) is 0 Å². The van der Waals surface area contributed by atoms with E-state index in [2.05, 4.69) is 15.3 Å². The molecule has 0 aliphatic rings. The molecule has 1 aromatic heterocycles. The normalized spacial score (nSPS) is 10.6. The number of hydrogen-bond acceptors (Lipinski definition) is 5. The molecule has 6 nitrogen and oxygen atoms in total. The molecular weight excluding hydrogens is 369 g/mol. The van der Waals surface area contributed by atoms with E-state index in [1.807, 2.05) is 30.3 Å². The van der Waals surface area contributed by atoms with Gasteiger partial charge >= 0.3 is 0 Å². The lowest BCUT2D eigenvalue weighted by molar-refractivity contribution is -0.113. The van der Waals surface area contributed by atoms with Gasteiger partial charge in [-0.05, 0) is 23.8 Å². The maximum Gasteiger partial charge on any atom is 0.258 e. The maximum absolute atomic E-state index is 13.1. The van der Waals surface area contributed by atoms with E-state index < -0.39 is 11.4 Å². The Hall–Kier alpha value is -3.13. The molecule has 3 N–H and O–H groups in total. The van der Waals surface area contributed by atoms with Gasteiger partial charge in [0.05, 0.1) is 11.3 Å². The minimum absolute atomic E-state index is 0.0586. The Morgan fingerprint density at radius 2 is 1.96 bits per heavy atom. The molecule has 0 radical (unpaired) electrons. The molecule has 1 heterocycles. The number of aromatic amines is 1. The van der Waals surface area contributed by atoms with Gasteiger partial charge in [-0.2, -0.15) is 4.98 Å². The number of carbonyl (C=O) groups is 1. The average Bonchev–Trinajstić information content (AvgIpc) is 2.64. The summed E-state index contributed by atoms with van der Waals surface area (Å²) >= 11 is 0.963. The van der Waals surface area contributed by atoms with Crippen molar-refractivity contribution in [2.24, 2.45) is 0 Å². The number of benzene rings is 2. The summed E-state index contributed by atoms with van der Waals surface area (Å²) in [6.45, 7) is 0. The third kappa shape index (κ3) is 5.18. The first kappa shape index (κ1) is 18.7. The van der Waals surface area contributed by atoms with Crippen LogP contribution in [0.5, 0.6) is 5.88 Å². The Kier molecular flexibility index (Phi) is 5.87. The molecule has 0 bridgehead atoms. The second-order valence-electron chi connectivity index (χ2n) is 5.68. The van der Waals surface area contributed by atoms with Crippen molar-refractivity contribution in [1.82, 2.24) is 9.97 Å². The third-order valence-corrected chi connectivity index (χ3v) is 4.52. The van der Waals surface area contributed by atoms with Crippen LogP contribution >= 0.6 is 11.8 Å². The second kappa shape index (κ2) is 8.50. The third-order valence-electron chi connectivity index (χ3n) is 3.64. The molecule has 8 heteroatoms. The van der Waals surface area contributed by atoms with Gasteiger partial charge in [-0.25, -0.2) is 4.39 Å². The highest BCUT2D eigenvalue weighted by Gasteiger charge is 2.13. The van der Waals surface area contributed by atoms with E-state index in [-0.39, 0.29) is 34.7 Å². The summed E-state index contributed by atoms with van der Waals surface area (Å²) in [5.41, 5.74) is 0.909. The standard InChI is InChI=1S/C19H16FN3O3S/c20-13-7-4-8-14(10-13)21-16(24)11-27-19-22-17(25)15(18(26)23-19)9-12-5-2-1-3-6-12/h1-8,10H,9,11H2,(H,21,24)(H2,22,23,25,26). The Labute approximate surface area is 158 Å². The molecule has 0 unspecified atom stereocenters. The molecule has 2 aromatic carbocycles. The number of rotatable bonds is 6. The van der Waals surface area contributed by atoms with Gasteiger partial charge in [-0.15, -0.1) is 0 Å². The number of H-pyrrole nitrogens is 1. The number of aromatic nitrogens is 2. The van der Waals surface area contributed by atoms with Gasteiger partial charge < -0.3 is 15.4 Å². The molecule has 0 saturated heterocycles. The number of nitrogens with one attached hydrogen (secondary N) is 2. The maximum atomic E-state index is 13.1. The SMILES string of the molecule is O=C(CSc1nc(O)c(Cc2ccccc2)c(=O)[nH]1)Nc1cccc(F)c1. The highest BCUT2D eigenvalue weighted by molar-refractivity contribution is 7.99. The van der Waals surface area contributed by atoms with Crippen LogP contribution in [0.25, 0.3) is 0 Å². The predicted molar refractivity (Wildman–Crippen MR) is 102 cm³/mol. The quantitative estimate of drug-likeness (QED) is 0.448. The van der Waals surface area contributed by atoms with Crippen LogP contribution in [0, 0.1) is 5.82 Å². The van der Waals surface area contributed by atoms with Gasteiger partial charge in [0.25, 0.3) is 5.56 Å². The predicted octanol–water partition coefficient (Wildman–Crippen LogP) is 2.94. The molecule has 1 amide bonds. The topological polar surface area (TPSA) is 95.1 Å². The summed E-state index contributed by atoms with van der Waals surface area (Å²) in [4.78, 5) is 30.7. The van der Waals surface area contributed by atoms with Crippen LogP contribution in [0.3, 0.4) is 0 Å². The fourth-order valence-corrected chi connectivity index (χ4v) is 3.05. The number of halogens is 1. The average molecular weight is 385 g/mol. The molecule has 0 spiro atoms. The van der Waals surface area contributed by atoms with Crippen LogP contribution in [0.1, 0.15) is 11.1 Å². The fourth-order valence-electron chi connectivity index (χ4n) is 2.39. The molecule has 3 rings (SSSR count). The number of carbonyl (C=O) groups excluding carboxylic acids is 1. The zero-order chi connectivity index (χ0) is 19.2. The highest BCUT2D eigenvalue weighted by Crippen LogP contribution is 2.19. The molecular formula is C19H16FN3O3S. The number of amides is 1. The van der Waals surface area contributed by atoms with E-state index in [0.717, 1.165) is 17.3 Å². The molecule has 138 valence electrons. The summed E-state index contributed by atoms with van der Waals surface area (Å²) in [6.07, 6.45) is 0.250. The summed E-state index contributed by atoms with van der Waals surface area (Å²) in [7, 11) is 0. The van der Waals surface area contributed by atoms with E-state index in [4.69, 9.17) is 0 Å². The molecule has 0 saturated carbocycles. The van der Waals surface area contributed by atoms with E-state index in [9.17, 15) is 19.1 Å². The van der Waals surface area contributed by atoms with Crippen molar-refractivity contribution < 1.29 is 14.3 Å². The number of aromatic hydroxyl groups is 1. The Bertz CT molecular complexity index is 1010. The Balaban J connectivity index is 1.64. The lowest BCUT2D eigenvalue weighted by atomic mass is 10.1. The van der Waals surface area contributed by atoms with Crippen LogP contribution in [0.15, 0.2) is 64.5 Å². The van der Waals surface area contributed by atoms with E-state index in [0.29, 0.717) is 5.69 Å². The highest BCUT2D eigenvalue weighted by atomic mass is 32.2. The van der Waals surface area contributed by atoms with Gasteiger partial charge in [0.1, 0.15) is 5.82 Å². The van der Waals surface area contributed by atoms with Gasteiger partial charge in [-0.3, -0.25) is 9.59 Å². The molecule has 0 fully saturated rings. The number of thioether (sulfide) groups is 1. The van der Waals surface area contributed by atoms with Crippen LogP contribution in [0.4, 0.5) is 10.1 Å². The first-order chi connectivity index (χ1) is 13.0. The minimum Gasteiger partial charge on any atom is -0.493 e. The Morgan fingerprint density at radius 3 is 2.67 bits per heavy atom. The molecule has 3 aromatic rings. The lowest BCUT2D eigenvalue weighted by Gasteiger charge is -2.07. The molecule has 0 aliphatic heterocycles. The number of hydrogen-bond donors (Lipinski definition) is 3. The van der Waals surface area contributed by atoms with Crippen molar-refractivity contribution in [3.05, 3.63) is 81.9 Å². The van der Waals surface area contributed by atoms with Crippen molar-refractivity contribution in [3.8, 4) is 5.88 Å².